The van der Waals surface area contributed by atoms with E-state index in [0.29, 0.717) is 13.2 Å². The zero-order valence-corrected chi connectivity index (χ0v) is 22.9. The highest BCUT2D eigenvalue weighted by atomic mass is 28.4. The monoisotopic (exact) mass is 482 g/mol. The minimum absolute atomic E-state index is 0.127. The molecule has 2 aromatic carbocycles. The SMILES string of the molecule is CCCCOc1ccc2c(c1)OCC(c1ccc(CC(C)(C)[Si](C)(C)O)cc1OCCCC)=C2. The van der Waals surface area contributed by atoms with Gasteiger partial charge in [-0.3, -0.25) is 0 Å². The molecule has 0 atom stereocenters. The van der Waals surface area contributed by atoms with Gasteiger partial charge < -0.3 is 19.0 Å². The molecule has 0 bridgehead atoms. The Labute approximate surface area is 207 Å². The first-order chi connectivity index (χ1) is 16.1. The summed E-state index contributed by atoms with van der Waals surface area (Å²) in [6.07, 6.45) is 7.30. The van der Waals surface area contributed by atoms with Crippen LogP contribution in [0, 0.1) is 0 Å². The van der Waals surface area contributed by atoms with Crippen molar-refractivity contribution in [2.75, 3.05) is 19.8 Å². The van der Waals surface area contributed by atoms with Crippen molar-refractivity contribution in [1.82, 2.24) is 0 Å². The van der Waals surface area contributed by atoms with E-state index in [-0.39, 0.29) is 5.04 Å². The number of hydrogen-bond acceptors (Lipinski definition) is 4. The molecule has 1 aliphatic rings. The van der Waals surface area contributed by atoms with E-state index < -0.39 is 8.32 Å². The molecule has 2 aromatic rings. The van der Waals surface area contributed by atoms with Crippen molar-refractivity contribution in [3.05, 3.63) is 53.1 Å². The van der Waals surface area contributed by atoms with Crippen LogP contribution in [0.3, 0.4) is 0 Å². The van der Waals surface area contributed by atoms with Gasteiger partial charge in [0.25, 0.3) is 0 Å². The van der Waals surface area contributed by atoms with Crippen LogP contribution in [0.4, 0.5) is 0 Å². The maximum Gasteiger partial charge on any atom is 0.188 e. The number of unbranched alkanes of at least 4 members (excludes halogenated alkanes) is 2. The highest BCUT2D eigenvalue weighted by Gasteiger charge is 2.38. The zero-order chi connectivity index (χ0) is 24.8. The molecule has 0 amide bonds. The maximum absolute atomic E-state index is 10.8. The van der Waals surface area contributed by atoms with Gasteiger partial charge in [-0.25, -0.2) is 0 Å². The topological polar surface area (TPSA) is 47.9 Å². The molecule has 0 saturated carbocycles. The Bertz CT molecular complexity index is 988. The van der Waals surface area contributed by atoms with Crippen LogP contribution in [-0.2, 0) is 6.42 Å². The van der Waals surface area contributed by atoms with E-state index in [0.717, 1.165) is 72.7 Å². The first-order valence-corrected chi connectivity index (χ1v) is 15.7. The molecular weight excluding hydrogens is 440 g/mol. The second kappa shape index (κ2) is 11.5. The van der Waals surface area contributed by atoms with Crippen molar-refractivity contribution < 1.29 is 19.0 Å². The Hall–Kier alpha value is -2.24. The van der Waals surface area contributed by atoms with Gasteiger partial charge in [-0.1, -0.05) is 52.7 Å². The molecule has 0 aliphatic carbocycles. The summed E-state index contributed by atoms with van der Waals surface area (Å²) in [6.45, 7) is 14.6. The van der Waals surface area contributed by atoms with Crippen LogP contribution in [-0.4, -0.2) is 32.9 Å². The Morgan fingerprint density at radius 3 is 2.35 bits per heavy atom. The molecule has 1 heterocycles. The Balaban J connectivity index is 1.87. The molecule has 0 saturated heterocycles. The summed E-state index contributed by atoms with van der Waals surface area (Å²) in [5.74, 6) is 2.62. The van der Waals surface area contributed by atoms with Gasteiger partial charge in [0.15, 0.2) is 8.32 Å². The van der Waals surface area contributed by atoms with E-state index in [9.17, 15) is 4.80 Å². The van der Waals surface area contributed by atoms with Crippen LogP contribution in [0.25, 0.3) is 11.6 Å². The quantitative estimate of drug-likeness (QED) is 0.251. The number of fused-ring (bicyclic) bond motifs is 1. The van der Waals surface area contributed by atoms with E-state index in [2.05, 4.69) is 58.0 Å². The highest BCUT2D eigenvalue weighted by Crippen LogP contribution is 2.41. The van der Waals surface area contributed by atoms with E-state index in [4.69, 9.17) is 14.2 Å². The van der Waals surface area contributed by atoms with Gasteiger partial charge >= 0.3 is 0 Å². The molecular formula is C29H42O4Si. The molecule has 0 radical (unpaired) electrons. The summed E-state index contributed by atoms with van der Waals surface area (Å²) in [5.41, 5.74) is 4.44. The summed E-state index contributed by atoms with van der Waals surface area (Å²) in [6, 6.07) is 12.6. The predicted octanol–water partition coefficient (Wildman–Crippen LogP) is 7.50. The van der Waals surface area contributed by atoms with Crippen molar-refractivity contribution in [1.29, 1.82) is 0 Å². The fourth-order valence-electron chi connectivity index (χ4n) is 3.84. The Kier molecular flexibility index (Phi) is 8.88. The maximum atomic E-state index is 10.8. The Morgan fingerprint density at radius 1 is 0.971 bits per heavy atom. The third-order valence-electron chi connectivity index (χ3n) is 6.91. The van der Waals surface area contributed by atoms with Crippen molar-refractivity contribution in [2.45, 2.75) is 77.9 Å². The third-order valence-corrected chi connectivity index (χ3v) is 10.4. The lowest BCUT2D eigenvalue weighted by Gasteiger charge is -2.35. The second-order valence-corrected chi connectivity index (χ2v) is 15.0. The average molecular weight is 483 g/mol. The third kappa shape index (κ3) is 6.67. The average Bonchev–Trinajstić information content (AvgIpc) is 2.78. The first-order valence-electron chi connectivity index (χ1n) is 12.7. The lowest BCUT2D eigenvalue weighted by Crippen LogP contribution is -2.40. The fraction of sp³-hybridized carbons (Fsp3) is 0.517. The summed E-state index contributed by atoms with van der Waals surface area (Å²) in [7, 11) is -2.30. The fourth-order valence-corrected chi connectivity index (χ4v) is 4.47. The predicted molar refractivity (Wildman–Crippen MR) is 145 cm³/mol. The van der Waals surface area contributed by atoms with Crippen molar-refractivity contribution in [2.24, 2.45) is 0 Å². The Morgan fingerprint density at radius 2 is 1.68 bits per heavy atom. The van der Waals surface area contributed by atoms with Gasteiger partial charge in [0.2, 0.25) is 0 Å². The molecule has 3 rings (SSSR count). The summed E-state index contributed by atoms with van der Waals surface area (Å²) >= 11 is 0. The molecule has 0 unspecified atom stereocenters. The van der Waals surface area contributed by atoms with E-state index in [1.165, 1.54) is 5.56 Å². The number of rotatable bonds is 12. The zero-order valence-electron chi connectivity index (χ0n) is 21.9. The van der Waals surface area contributed by atoms with Crippen LogP contribution in [0.15, 0.2) is 36.4 Å². The number of ether oxygens (including phenoxy) is 3. The standard InChI is InChI=1S/C29H42O4Si/c1-7-9-15-31-25-13-12-23-18-24(21-33-27(23)19-25)26-14-11-22(17-28(26)32-16-10-8-2)20-29(3,4)34(5,6)30/h11-14,17-19,30H,7-10,15-16,20-21H2,1-6H3. The highest BCUT2D eigenvalue weighted by molar-refractivity contribution is 6.72. The summed E-state index contributed by atoms with van der Waals surface area (Å²) in [4.78, 5) is 10.8. The van der Waals surface area contributed by atoms with Gasteiger partial charge in [0, 0.05) is 22.8 Å². The van der Waals surface area contributed by atoms with Crippen LogP contribution < -0.4 is 14.2 Å². The van der Waals surface area contributed by atoms with Gasteiger partial charge in [0.1, 0.15) is 23.9 Å². The van der Waals surface area contributed by atoms with E-state index >= 15 is 0 Å². The van der Waals surface area contributed by atoms with Gasteiger partial charge in [-0.05, 0) is 67.2 Å². The molecule has 0 spiro atoms. The second-order valence-electron chi connectivity index (χ2n) is 10.5. The van der Waals surface area contributed by atoms with Crippen molar-refractivity contribution >= 4 is 20.0 Å². The van der Waals surface area contributed by atoms with Crippen LogP contribution in [0.2, 0.25) is 18.1 Å². The molecule has 0 fully saturated rings. The van der Waals surface area contributed by atoms with Crippen molar-refractivity contribution in [3.63, 3.8) is 0 Å². The summed E-state index contributed by atoms with van der Waals surface area (Å²) in [5, 5.41) is -0.127. The minimum atomic E-state index is -2.30. The molecule has 186 valence electrons. The molecule has 1 N–H and O–H groups in total. The first kappa shape index (κ1) is 26.4. The van der Waals surface area contributed by atoms with Crippen LogP contribution >= 0.6 is 0 Å². The smallest absolute Gasteiger partial charge is 0.188 e. The summed E-state index contributed by atoms with van der Waals surface area (Å²) < 4.78 is 18.2. The number of hydrogen-bond donors (Lipinski definition) is 1. The lowest BCUT2D eigenvalue weighted by atomic mass is 9.95. The normalized spacial score (nSPS) is 13.7. The van der Waals surface area contributed by atoms with E-state index in [1.54, 1.807) is 0 Å². The molecule has 34 heavy (non-hydrogen) atoms. The van der Waals surface area contributed by atoms with Crippen LogP contribution in [0.5, 0.6) is 17.2 Å². The van der Waals surface area contributed by atoms with Crippen molar-refractivity contribution in [3.8, 4) is 17.2 Å². The lowest BCUT2D eigenvalue weighted by molar-refractivity contribution is 0.303. The van der Waals surface area contributed by atoms with E-state index in [1.807, 2.05) is 25.2 Å². The number of benzene rings is 2. The van der Waals surface area contributed by atoms with Gasteiger partial charge in [-0.15, -0.1) is 0 Å². The van der Waals surface area contributed by atoms with Gasteiger partial charge in [0.05, 0.1) is 13.2 Å². The largest absolute Gasteiger partial charge is 0.493 e. The van der Waals surface area contributed by atoms with Crippen LogP contribution in [0.1, 0.15) is 70.1 Å². The molecule has 5 heteroatoms. The molecule has 4 nitrogen and oxygen atoms in total. The van der Waals surface area contributed by atoms with Gasteiger partial charge in [-0.2, -0.15) is 0 Å². The molecule has 0 aromatic heterocycles. The molecule has 1 aliphatic heterocycles. The minimum Gasteiger partial charge on any atom is -0.493 e.